The van der Waals surface area contributed by atoms with Gasteiger partial charge < -0.3 is 29.1 Å². The average Bonchev–Trinajstić information content (AvgIpc) is 3.47. The topological polar surface area (TPSA) is 89.5 Å². The van der Waals surface area contributed by atoms with Crippen molar-refractivity contribution in [2.24, 2.45) is 0 Å². The molecule has 0 radical (unpaired) electrons. The minimum atomic E-state index is -1.80. The minimum absolute atomic E-state index is 0. The van der Waals surface area contributed by atoms with Crippen molar-refractivity contribution in [2.45, 2.75) is 25.0 Å². The molecule has 2 heterocycles. The predicted molar refractivity (Wildman–Crippen MR) is 117 cm³/mol. The van der Waals surface area contributed by atoms with Crippen LogP contribution in [0.1, 0.15) is 29.0 Å². The van der Waals surface area contributed by atoms with E-state index in [2.05, 4.69) is 21.1 Å². The lowest BCUT2D eigenvalue weighted by molar-refractivity contribution is -0.764. The lowest BCUT2D eigenvalue weighted by Crippen LogP contribution is -3.00. The molecule has 0 aliphatic rings. The molecule has 0 aliphatic heterocycles. The number of H-pyrrole nitrogens is 1. The van der Waals surface area contributed by atoms with Gasteiger partial charge in [0.1, 0.15) is 23.8 Å². The third-order valence-corrected chi connectivity index (χ3v) is 6.26. The van der Waals surface area contributed by atoms with Crippen molar-refractivity contribution in [3.05, 3.63) is 88.3 Å². The SMILES string of the molecule is C[C@@H](c1nc(-c2ccc(C#N)cc2)cs1)[C@](O)(C[n+]1cnc[nH]1)c1cc(F)ccc1F.Cl.[I-]. The summed E-state index contributed by atoms with van der Waals surface area (Å²) < 4.78 is 30.2. The summed E-state index contributed by atoms with van der Waals surface area (Å²) >= 11 is 1.32. The van der Waals surface area contributed by atoms with E-state index < -0.39 is 23.2 Å². The van der Waals surface area contributed by atoms with Crippen molar-refractivity contribution in [1.82, 2.24) is 15.1 Å². The van der Waals surface area contributed by atoms with E-state index in [1.165, 1.54) is 28.7 Å². The van der Waals surface area contributed by atoms with Gasteiger partial charge in [-0.05, 0) is 35.3 Å². The fourth-order valence-electron chi connectivity index (χ4n) is 3.42. The zero-order chi connectivity index (χ0) is 22.0. The fraction of sp³-hybridized carbons (Fsp3) is 0.182. The number of aliphatic hydroxyl groups is 1. The molecule has 0 aliphatic carbocycles. The molecule has 4 aromatic rings. The highest BCUT2D eigenvalue weighted by Gasteiger charge is 2.43. The summed E-state index contributed by atoms with van der Waals surface area (Å²) in [7, 11) is 0. The molecule has 2 N–H and O–H groups in total. The molecule has 0 amide bonds. The Hall–Kier alpha value is -2.46. The number of nitrogens with one attached hydrogen (secondary N) is 1. The first-order chi connectivity index (χ1) is 14.9. The van der Waals surface area contributed by atoms with E-state index in [9.17, 15) is 13.9 Å². The fourth-order valence-corrected chi connectivity index (χ4v) is 4.40. The van der Waals surface area contributed by atoms with E-state index in [-0.39, 0.29) is 48.5 Å². The molecule has 6 nitrogen and oxygen atoms in total. The van der Waals surface area contributed by atoms with E-state index in [4.69, 9.17) is 5.26 Å². The van der Waals surface area contributed by atoms with Crippen molar-refractivity contribution < 1.29 is 42.5 Å². The summed E-state index contributed by atoms with van der Waals surface area (Å²) in [5, 5.41) is 25.9. The van der Waals surface area contributed by atoms with Gasteiger partial charge in [0.15, 0.2) is 0 Å². The van der Waals surface area contributed by atoms with Gasteiger partial charge in [-0.3, -0.25) is 0 Å². The molecule has 0 bridgehead atoms. The summed E-state index contributed by atoms with van der Waals surface area (Å²) in [4.78, 5) is 8.56. The number of hydrogen-bond acceptors (Lipinski definition) is 5. The van der Waals surface area contributed by atoms with Crippen molar-refractivity contribution in [3.8, 4) is 17.3 Å². The Bertz CT molecular complexity index is 1250. The first-order valence-electron chi connectivity index (χ1n) is 9.42. The number of halogens is 4. The van der Waals surface area contributed by atoms with Gasteiger partial charge in [-0.25, -0.2) is 13.8 Å². The minimum Gasteiger partial charge on any atom is -1.00 e. The number of hydrogen-bond donors (Lipinski definition) is 2. The molecule has 0 saturated heterocycles. The number of thiazole rings is 1. The molecule has 0 fully saturated rings. The van der Waals surface area contributed by atoms with Gasteiger partial charge in [-0.2, -0.15) is 15.0 Å². The maximum atomic E-state index is 14.7. The third-order valence-electron chi connectivity index (χ3n) is 5.23. The first-order valence-corrected chi connectivity index (χ1v) is 10.3. The van der Waals surface area contributed by atoms with Crippen LogP contribution in [0.15, 0.2) is 60.5 Å². The molecule has 2 aromatic heterocycles. The number of nitrogens with zero attached hydrogens (tertiary/aromatic N) is 4. The number of rotatable bonds is 6. The molecule has 2 atom stereocenters. The maximum absolute atomic E-state index is 14.7. The highest BCUT2D eigenvalue weighted by molar-refractivity contribution is 7.10. The quantitative estimate of drug-likeness (QED) is 0.256. The molecule has 33 heavy (non-hydrogen) atoms. The molecule has 4 rings (SSSR count). The molecular formula is C22H19ClF2IN5OS. The summed E-state index contributed by atoms with van der Waals surface area (Å²) in [6.45, 7) is 1.64. The number of aromatic amines is 1. The van der Waals surface area contributed by atoms with Crippen molar-refractivity contribution in [1.29, 1.82) is 5.26 Å². The molecule has 172 valence electrons. The van der Waals surface area contributed by atoms with Crippen LogP contribution in [-0.2, 0) is 12.1 Å². The van der Waals surface area contributed by atoms with Crippen LogP contribution in [-0.4, -0.2) is 20.2 Å². The molecule has 0 unspecified atom stereocenters. The van der Waals surface area contributed by atoms with Crippen LogP contribution >= 0.6 is 23.7 Å². The second-order valence-electron chi connectivity index (χ2n) is 7.18. The number of nitriles is 1. The van der Waals surface area contributed by atoms with Crippen LogP contribution in [0, 0.1) is 23.0 Å². The number of benzene rings is 2. The van der Waals surface area contributed by atoms with Gasteiger partial charge in [0.2, 0.25) is 6.33 Å². The summed E-state index contributed by atoms with van der Waals surface area (Å²) in [5.41, 5.74) is 0.0745. The summed E-state index contributed by atoms with van der Waals surface area (Å²) in [6.07, 6.45) is 2.89. The van der Waals surface area contributed by atoms with Crippen LogP contribution in [0.5, 0.6) is 0 Å². The van der Waals surface area contributed by atoms with Crippen molar-refractivity contribution in [3.63, 3.8) is 0 Å². The summed E-state index contributed by atoms with van der Waals surface area (Å²) in [5.74, 6) is -2.02. The maximum Gasteiger partial charge on any atom is 0.306 e. The van der Waals surface area contributed by atoms with Crippen LogP contribution < -0.4 is 28.7 Å². The van der Waals surface area contributed by atoms with Gasteiger partial charge in [-0.15, -0.1) is 23.7 Å². The molecule has 2 aromatic carbocycles. The molecular weight excluding hydrogens is 583 g/mol. The standard InChI is InChI=1S/C22H17F2N5OS.ClH.HI/c1-14(21-28-20(10-31-21)16-4-2-15(9-25)3-5-16)22(30,11-29-13-26-12-27-29)18-8-17(23)6-7-19(18)24;;/h2-8,10,12-14,30H,11H2,1H3;2*1H/t14-,22+;;/m0../s1. The number of aromatic nitrogens is 4. The Morgan fingerprint density at radius 2 is 1.97 bits per heavy atom. The van der Waals surface area contributed by atoms with E-state index in [0.717, 1.165) is 23.8 Å². The molecule has 0 saturated carbocycles. The van der Waals surface area contributed by atoms with E-state index in [1.54, 1.807) is 31.2 Å². The van der Waals surface area contributed by atoms with Gasteiger partial charge in [0, 0.05) is 22.4 Å². The highest BCUT2D eigenvalue weighted by atomic mass is 127. The smallest absolute Gasteiger partial charge is 0.306 e. The summed E-state index contributed by atoms with van der Waals surface area (Å²) in [6, 6.07) is 12.1. The van der Waals surface area contributed by atoms with Crippen LogP contribution in [0.3, 0.4) is 0 Å². The van der Waals surface area contributed by atoms with E-state index in [0.29, 0.717) is 16.3 Å². The van der Waals surface area contributed by atoms with Gasteiger partial charge in [0.25, 0.3) is 0 Å². The Morgan fingerprint density at radius 3 is 2.61 bits per heavy atom. The van der Waals surface area contributed by atoms with E-state index >= 15 is 0 Å². The van der Waals surface area contributed by atoms with Gasteiger partial charge >= 0.3 is 6.33 Å². The average molecular weight is 602 g/mol. The lowest BCUT2D eigenvalue weighted by Gasteiger charge is -2.32. The van der Waals surface area contributed by atoms with Crippen molar-refractivity contribution in [2.75, 3.05) is 0 Å². The Labute approximate surface area is 216 Å². The second kappa shape index (κ2) is 11.1. The van der Waals surface area contributed by atoms with Crippen LogP contribution in [0.2, 0.25) is 0 Å². The largest absolute Gasteiger partial charge is 1.00 e. The van der Waals surface area contributed by atoms with Crippen LogP contribution in [0.25, 0.3) is 11.3 Å². The monoisotopic (exact) mass is 601 g/mol. The predicted octanol–water partition coefficient (Wildman–Crippen LogP) is 1.09. The molecule has 11 heteroatoms. The van der Waals surface area contributed by atoms with Crippen LogP contribution in [0.4, 0.5) is 8.78 Å². The lowest BCUT2D eigenvalue weighted by atomic mass is 9.82. The zero-order valence-corrected chi connectivity index (χ0v) is 21.0. The van der Waals surface area contributed by atoms with Gasteiger partial charge in [-0.1, -0.05) is 19.1 Å². The Kier molecular flexibility index (Phi) is 9.02. The van der Waals surface area contributed by atoms with Gasteiger partial charge in [0.05, 0.1) is 22.3 Å². The second-order valence-corrected chi connectivity index (χ2v) is 8.07. The first kappa shape index (κ1) is 26.8. The Morgan fingerprint density at radius 1 is 1.24 bits per heavy atom. The normalized spacial score (nSPS) is 13.2. The Balaban J connectivity index is 0.00000193. The van der Waals surface area contributed by atoms with Crippen molar-refractivity contribution >= 4 is 23.7 Å². The van der Waals surface area contributed by atoms with E-state index in [1.807, 2.05) is 5.38 Å². The zero-order valence-electron chi connectivity index (χ0n) is 17.2. The third kappa shape index (κ3) is 5.55. The highest BCUT2D eigenvalue weighted by Crippen LogP contribution is 2.40. The molecule has 0 spiro atoms.